The fraction of sp³-hybridized carbons (Fsp3) is 0.667. The number of aliphatic hydroxyl groups is 2. The van der Waals surface area contributed by atoms with Crippen LogP contribution in [-0.2, 0) is 14.3 Å². The number of hydrogen-bond acceptors (Lipinski definition) is 5. The number of carbonyl (C=O) groups excluding carboxylic acids is 2. The van der Waals surface area contributed by atoms with E-state index in [-0.39, 0.29) is 13.0 Å². The maximum Gasteiger partial charge on any atom is 0.368 e. The van der Waals surface area contributed by atoms with Crippen LogP contribution in [-0.4, -0.2) is 41.5 Å². The molecule has 0 bridgehead atoms. The number of nitrogens with one attached hydrogen (secondary N) is 1. The molecule has 0 saturated heterocycles. The van der Waals surface area contributed by atoms with Gasteiger partial charge in [0.15, 0.2) is 0 Å². The van der Waals surface area contributed by atoms with E-state index in [0.29, 0.717) is 0 Å². The van der Waals surface area contributed by atoms with E-state index in [1.54, 1.807) is 0 Å². The lowest BCUT2D eigenvalue weighted by Gasteiger charge is -2.18. The van der Waals surface area contributed by atoms with Gasteiger partial charge >= 0.3 is 5.97 Å². The Labute approximate surface area is 69.1 Å². The minimum Gasteiger partial charge on any atom is -0.462 e. The van der Waals surface area contributed by atoms with E-state index < -0.39 is 18.3 Å². The Morgan fingerprint density at radius 1 is 1.67 bits per heavy atom. The van der Waals surface area contributed by atoms with Gasteiger partial charge in [-0.2, -0.15) is 0 Å². The van der Waals surface area contributed by atoms with Crippen LogP contribution in [0.15, 0.2) is 0 Å². The lowest BCUT2D eigenvalue weighted by atomic mass is 10.3. The fourth-order valence-electron chi connectivity index (χ4n) is 0.503. The normalized spacial score (nSPS) is 10.6. The molecule has 0 radical (unpaired) electrons. The van der Waals surface area contributed by atoms with Gasteiger partial charge < -0.3 is 20.3 Å². The maximum atomic E-state index is 10.7. The van der Waals surface area contributed by atoms with Gasteiger partial charge in [0, 0.05) is 0 Å². The van der Waals surface area contributed by atoms with Gasteiger partial charge in [-0.1, -0.05) is 0 Å². The van der Waals surface area contributed by atoms with E-state index in [9.17, 15) is 9.59 Å². The molecular weight excluding hydrogens is 166 g/mol. The molecule has 6 nitrogen and oxygen atoms in total. The second-order valence-corrected chi connectivity index (χ2v) is 2.04. The standard InChI is InChI=1S/C6H11NO5/c1-2-12-5(9)6(10,11)3-7-4-8/h4,10-11H,2-3H2,1H3,(H,7,8). The van der Waals surface area contributed by atoms with Crippen molar-refractivity contribution in [2.75, 3.05) is 13.2 Å². The zero-order valence-electron chi connectivity index (χ0n) is 6.61. The van der Waals surface area contributed by atoms with Gasteiger partial charge in [-0.05, 0) is 6.92 Å². The zero-order chi connectivity index (χ0) is 9.61. The molecule has 0 heterocycles. The highest BCUT2D eigenvalue weighted by molar-refractivity contribution is 5.77. The van der Waals surface area contributed by atoms with Crippen molar-refractivity contribution in [1.29, 1.82) is 0 Å². The number of rotatable bonds is 5. The molecule has 0 aliphatic rings. The Balaban J connectivity index is 3.98. The molecule has 0 aliphatic carbocycles. The SMILES string of the molecule is CCOC(=O)C(O)(O)CNC=O. The van der Waals surface area contributed by atoms with Crippen molar-refractivity contribution < 1.29 is 24.5 Å². The zero-order valence-corrected chi connectivity index (χ0v) is 6.61. The number of hydrogen-bond donors (Lipinski definition) is 3. The van der Waals surface area contributed by atoms with Crippen molar-refractivity contribution in [3.05, 3.63) is 0 Å². The second-order valence-electron chi connectivity index (χ2n) is 2.04. The van der Waals surface area contributed by atoms with Gasteiger partial charge in [-0.15, -0.1) is 0 Å². The van der Waals surface area contributed by atoms with E-state index >= 15 is 0 Å². The third-order valence-corrected chi connectivity index (χ3v) is 1.03. The van der Waals surface area contributed by atoms with Gasteiger partial charge in [0.05, 0.1) is 13.2 Å². The molecule has 12 heavy (non-hydrogen) atoms. The molecule has 0 spiro atoms. The first kappa shape index (κ1) is 10.9. The highest BCUT2D eigenvalue weighted by atomic mass is 16.6. The number of ether oxygens (including phenoxy) is 1. The van der Waals surface area contributed by atoms with Crippen molar-refractivity contribution >= 4 is 12.4 Å². The van der Waals surface area contributed by atoms with Crippen LogP contribution in [0.25, 0.3) is 0 Å². The van der Waals surface area contributed by atoms with Crippen LogP contribution in [0.5, 0.6) is 0 Å². The summed E-state index contributed by atoms with van der Waals surface area (Å²) in [6, 6.07) is 0. The molecule has 6 heteroatoms. The molecule has 0 saturated carbocycles. The van der Waals surface area contributed by atoms with Crippen LogP contribution < -0.4 is 5.32 Å². The topological polar surface area (TPSA) is 95.9 Å². The molecule has 0 aromatic rings. The first-order valence-electron chi connectivity index (χ1n) is 3.33. The number of carbonyl (C=O) groups is 2. The van der Waals surface area contributed by atoms with E-state index in [1.807, 2.05) is 5.32 Å². The monoisotopic (exact) mass is 177 g/mol. The highest BCUT2D eigenvalue weighted by Crippen LogP contribution is 1.99. The van der Waals surface area contributed by atoms with Crippen molar-refractivity contribution in [3.8, 4) is 0 Å². The van der Waals surface area contributed by atoms with Gasteiger partial charge in [0.1, 0.15) is 0 Å². The first-order valence-corrected chi connectivity index (χ1v) is 3.33. The van der Waals surface area contributed by atoms with Crippen LogP contribution in [0.1, 0.15) is 6.92 Å². The predicted molar refractivity (Wildman–Crippen MR) is 37.9 cm³/mol. The molecule has 0 aromatic carbocycles. The maximum absolute atomic E-state index is 10.7. The molecule has 0 fully saturated rings. The Bertz CT molecular complexity index is 167. The molecule has 70 valence electrons. The summed E-state index contributed by atoms with van der Waals surface area (Å²) in [5.41, 5.74) is 0. The average Bonchev–Trinajstić information content (AvgIpc) is 2.01. The van der Waals surface area contributed by atoms with Crippen LogP contribution in [0.2, 0.25) is 0 Å². The van der Waals surface area contributed by atoms with Crippen LogP contribution in [0, 0.1) is 0 Å². The van der Waals surface area contributed by atoms with Crippen molar-refractivity contribution in [1.82, 2.24) is 5.32 Å². The smallest absolute Gasteiger partial charge is 0.368 e. The first-order chi connectivity index (χ1) is 5.54. The molecular formula is C6H11NO5. The summed E-state index contributed by atoms with van der Waals surface area (Å²) < 4.78 is 4.31. The molecule has 0 rings (SSSR count). The summed E-state index contributed by atoms with van der Waals surface area (Å²) in [5, 5.41) is 19.8. The van der Waals surface area contributed by atoms with E-state index in [2.05, 4.69) is 4.74 Å². The van der Waals surface area contributed by atoms with Crippen LogP contribution in [0.4, 0.5) is 0 Å². The molecule has 0 atom stereocenters. The van der Waals surface area contributed by atoms with Gasteiger partial charge in [0.25, 0.3) is 5.79 Å². The van der Waals surface area contributed by atoms with Gasteiger partial charge in [-0.25, -0.2) is 4.79 Å². The number of amides is 1. The minimum atomic E-state index is -2.64. The lowest BCUT2D eigenvalue weighted by Crippen LogP contribution is -2.48. The Kier molecular flexibility index (Phi) is 4.24. The summed E-state index contributed by atoms with van der Waals surface area (Å²) >= 11 is 0. The predicted octanol–water partition coefficient (Wildman–Crippen LogP) is -2.02. The van der Waals surface area contributed by atoms with Crippen molar-refractivity contribution in [3.63, 3.8) is 0 Å². The summed E-state index contributed by atoms with van der Waals surface area (Å²) in [4.78, 5) is 20.4. The van der Waals surface area contributed by atoms with Crippen LogP contribution in [0.3, 0.4) is 0 Å². The minimum absolute atomic E-state index is 0.0444. The molecule has 0 aliphatic heterocycles. The molecule has 3 N–H and O–H groups in total. The Hall–Kier alpha value is -1.14. The summed E-state index contributed by atoms with van der Waals surface area (Å²) in [6.07, 6.45) is 0.250. The van der Waals surface area contributed by atoms with E-state index in [1.165, 1.54) is 6.92 Å². The van der Waals surface area contributed by atoms with Crippen molar-refractivity contribution in [2.45, 2.75) is 12.7 Å². The Morgan fingerprint density at radius 3 is 2.67 bits per heavy atom. The third kappa shape index (κ3) is 3.31. The summed E-state index contributed by atoms with van der Waals surface area (Å²) in [7, 11) is 0. The van der Waals surface area contributed by atoms with Gasteiger partial charge in [0.2, 0.25) is 6.41 Å². The largest absolute Gasteiger partial charge is 0.462 e. The fourth-order valence-corrected chi connectivity index (χ4v) is 0.503. The average molecular weight is 177 g/mol. The molecule has 0 aromatic heterocycles. The third-order valence-electron chi connectivity index (χ3n) is 1.03. The quantitative estimate of drug-likeness (QED) is 0.256. The van der Waals surface area contributed by atoms with Gasteiger partial charge in [-0.3, -0.25) is 4.79 Å². The molecule has 0 unspecified atom stereocenters. The summed E-state index contributed by atoms with van der Waals surface area (Å²) in [5.74, 6) is -3.82. The number of esters is 1. The van der Waals surface area contributed by atoms with Crippen LogP contribution >= 0.6 is 0 Å². The lowest BCUT2D eigenvalue weighted by molar-refractivity contribution is -0.206. The van der Waals surface area contributed by atoms with E-state index in [0.717, 1.165) is 0 Å². The summed E-state index contributed by atoms with van der Waals surface area (Å²) in [6.45, 7) is 0.985. The van der Waals surface area contributed by atoms with E-state index in [4.69, 9.17) is 10.2 Å². The second kappa shape index (κ2) is 4.68. The highest BCUT2D eigenvalue weighted by Gasteiger charge is 2.34. The molecule has 1 amide bonds. The van der Waals surface area contributed by atoms with Crippen molar-refractivity contribution in [2.24, 2.45) is 0 Å². The Morgan fingerprint density at radius 2 is 2.25 bits per heavy atom.